The standard InChI is InChI=1S/C21H23FN6/c1-13-8-18(25-28-10-14(2)23-20(13)28)16-9-17(22)21-24-19(12-27(21)11-16)15-4-6-26(3)7-5-15/h8-12,15H,4-7H2,1-3H3. The van der Waals surface area contributed by atoms with E-state index < -0.39 is 0 Å². The predicted octanol–water partition coefficient (Wildman–Crippen LogP) is 3.61. The molecule has 0 N–H and O–H groups in total. The molecule has 1 saturated heterocycles. The normalized spacial score (nSPS) is 16.4. The number of aromatic nitrogens is 5. The number of hydrogen-bond acceptors (Lipinski definition) is 4. The smallest absolute Gasteiger partial charge is 0.173 e. The fourth-order valence-corrected chi connectivity index (χ4v) is 4.10. The highest BCUT2D eigenvalue weighted by atomic mass is 19.1. The van der Waals surface area contributed by atoms with Crippen molar-refractivity contribution in [2.24, 2.45) is 0 Å². The van der Waals surface area contributed by atoms with Crippen molar-refractivity contribution in [1.29, 1.82) is 0 Å². The van der Waals surface area contributed by atoms with Crippen molar-refractivity contribution < 1.29 is 4.39 Å². The predicted molar refractivity (Wildman–Crippen MR) is 106 cm³/mol. The van der Waals surface area contributed by atoms with Crippen LogP contribution in [0.2, 0.25) is 0 Å². The van der Waals surface area contributed by atoms with Crippen molar-refractivity contribution in [1.82, 2.24) is 28.9 Å². The van der Waals surface area contributed by atoms with Gasteiger partial charge in [0.15, 0.2) is 17.1 Å². The van der Waals surface area contributed by atoms with Crippen LogP contribution in [-0.2, 0) is 0 Å². The molecular weight excluding hydrogens is 355 g/mol. The van der Waals surface area contributed by atoms with Crippen molar-refractivity contribution in [2.45, 2.75) is 32.6 Å². The zero-order valence-electron chi connectivity index (χ0n) is 16.4. The Morgan fingerprint density at radius 2 is 1.79 bits per heavy atom. The molecule has 6 nitrogen and oxygen atoms in total. The lowest BCUT2D eigenvalue weighted by atomic mass is 9.94. The second-order valence-corrected chi connectivity index (χ2v) is 7.91. The molecule has 5 heterocycles. The van der Waals surface area contributed by atoms with Gasteiger partial charge in [-0.15, -0.1) is 0 Å². The van der Waals surface area contributed by atoms with Crippen molar-refractivity contribution in [3.05, 3.63) is 53.5 Å². The number of rotatable bonds is 2. The molecule has 0 atom stereocenters. The van der Waals surface area contributed by atoms with E-state index >= 15 is 0 Å². The third-order valence-electron chi connectivity index (χ3n) is 5.69. The lowest BCUT2D eigenvalue weighted by molar-refractivity contribution is 0.253. The lowest BCUT2D eigenvalue weighted by Gasteiger charge is -2.27. The minimum Gasteiger partial charge on any atom is -0.306 e. The van der Waals surface area contributed by atoms with Gasteiger partial charge in [0.05, 0.1) is 23.3 Å². The van der Waals surface area contributed by atoms with Gasteiger partial charge in [-0.1, -0.05) is 0 Å². The molecule has 4 aromatic heterocycles. The minimum atomic E-state index is -0.321. The molecule has 7 heteroatoms. The molecule has 5 rings (SSSR count). The number of halogens is 1. The highest BCUT2D eigenvalue weighted by Gasteiger charge is 2.22. The third-order valence-corrected chi connectivity index (χ3v) is 5.69. The Morgan fingerprint density at radius 1 is 1.00 bits per heavy atom. The van der Waals surface area contributed by atoms with Gasteiger partial charge in [-0.25, -0.2) is 18.9 Å². The van der Waals surface area contributed by atoms with Gasteiger partial charge in [0.2, 0.25) is 0 Å². The molecule has 28 heavy (non-hydrogen) atoms. The highest BCUT2D eigenvalue weighted by molar-refractivity contribution is 5.64. The number of likely N-dealkylation sites (tertiary alicyclic amines) is 1. The largest absolute Gasteiger partial charge is 0.306 e. The molecule has 1 aliphatic heterocycles. The van der Waals surface area contributed by atoms with Gasteiger partial charge < -0.3 is 9.30 Å². The Labute approximate surface area is 162 Å². The van der Waals surface area contributed by atoms with Crippen LogP contribution in [0.25, 0.3) is 22.6 Å². The molecule has 4 aromatic rings. The van der Waals surface area contributed by atoms with E-state index in [4.69, 9.17) is 0 Å². The van der Waals surface area contributed by atoms with Gasteiger partial charge in [0, 0.05) is 23.9 Å². The molecule has 0 saturated carbocycles. The Hall–Kier alpha value is -2.80. The molecule has 1 aliphatic rings. The number of pyridine rings is 1. The van der Waals surface area contributed by atoms with Gasteiger partial charge in [-0.3, -0.25) is 0 Å². The summed E-state index contributed by atoms with van der Waals surface area (Å²) in [5.74, 6) is 0.0719. The first-order valence-electron chi connectivity index (χ1n) is 9.68. The Morgan fingerprint density at radius 3 is 2.57 bits per heavy atom. The zero-order chi connectivity index (χ0) is 19.4. The maximum Gasteiger partial charge on any atom is 0.173 e. The van der Waals surface area contributed by atoms with Crippen LogP contribution in [-0.4, -0.2) is 49.0 Å². The first-order valence-corrected chi connectivity index (χ1v) is 9.68. The summed E-state index contributed by atoms with van der Waals surface area (Å²) in [6, 6.07) is 3.48. The second kappa shape index (κ2) is 6.38. The summed E-state index contributed by atoms with van der Waals surface area (Å²) in [4.78, 5) is 11.4. The Balaban J connectivity index is 1.57. The van der Waals surface area contributed by atoms with Crippen LogP contribution in [0.1, 0.15) is 35.7 Å². The summed E-state index contributed by atoms with van der Waals surface area (Å²) >= 11 is 0. The fraction of sp³-hybridized carbons (Fsp3) is 0.381. The quantitative estimate of drug-likeness (QED) is 0.535. The summed E-state index contributed by atoms with van der Waals surface area (Å²) in [6.45, 7) is 6.05. The van der Waals surface area contributed by atoms with Gasteiger partial charge >= 0.3 is 0 Å². The van der Waals surface area contributed by atoms with E-state index in [1.54, 1.807) is 8.92 Å². The molecule has 0 radical (unpaired) electrons. The van der Waals surface area contributed by atoms with E-state index in [2.05, 4.69) is 27.0 Å². The summed E-state index contributed by atoms with van der Waals surface area (Å²) in [5.41, 5.74) is 5.56. The third kappa shape index (κ3) is 2.86. The topological polar surface area (TPSA) is 50.7 Å². The molecule has 0 amide bonds. The van der Waals surface area contributed by atoms with Crippen molar-refractivity contribution in [3.8, 4) is 11.3 Å². The maximum absolute atomic E-state index is 14.9. The lowest BCUT2D eigenvalue weighted by Crippen LogP contribution is -2.29. The monoisotopic (exact) mass is 378 g/mol. The molecule has 0 spiro atoms. The second-order valence-electron chi connectivity index (χ2n) is 7.91. The summed E-state index contributed by atoms with van der Waals surface area (Å²) in [7, 11) is 2.14. The molecular formula is C21H23FN6. The van der Waals surface area contributed by atoms with E-state index in [1.165, 1.54) is 6.07 Å². The van der Waals surface area contributed by atoms with Gasteiger partial charge in [0.1, 0.15) is 0 Å². The Bertz CT molecular complexity index is 1180. The average Bonchev–Trinajstić information content (AvgIpc) is 3.26. The van der Waals surface area contributed by atoms with Crippen molar-refractivity contribution in [3.63, 3.8) is 0 Å². The van der Waals surface area contributed by atoms with Gasteiger partial charge in [0.25, 0.3) is 0 Å². The van der Waals surface area contributed by atoms with Crippen molar-refractivity contribution >= 4 is 11.3 Å². The highest BCUT2D eigenvalue weighted by Crippen LogP contribution is 2.29. The minimum absolute atomic E-state index is 0.321. The molecule has 0 unspecified atom stereocenters. The number of imidazole rings is 2. The van der Waals surface area contributed by atoms with Crippen LogP contribution in [0.15, 0.2) is 30.7 Å². The van der Waals surface area contributed by atoms with Crippen LogP contribution in [0, 0.1) is 19.7 Å². The van der Waals surface area contributed by atoms with E-state index in [1.807, 2.05) is 38.5 Å². The SMILES string of the molecule is Cc1cn2nc(-c3cc(F)c4nc(C5CCN(C)CC5)cn4c3)cc(C)c2n1. The summed E-state index contributed by atoms with van der Waals surface area (Å²) in [6.07, 6.45) is 7.90. The molecule has 0 bridgehead atoms. The number of aryl methyl sites for hydroxylation is 2. The molecule has 144 valence electrons. The van der Waals surface area contributed by atoms with Gasteiger partial charge in [-0.2, -0.15) is 5.10 Å². The number of piperidine rings is 1. The van der Waals surface area contributed by atoms with Crippen LogP contribution < -0.4 is 0 Å². The van der Waals surface area contributed by atoms with Crippen LogP contribution in [0.5, 0.6) is 0 Å². The average molecular weight is 378 g/mol. The van der Waals surface area contributed by atoms with Crippen LogP contribution >= 0.6 is 0 Å². The van der Waals surface area contributed by atoms with Crippen molar-refractivity contribution in [2.75, 3.05) is 20.1 Å². The fourth-order valence-electron chi connectivity index (χ4n) is 4.10. The van der Waals surface area contributed by atoms with Gasteiger partial charge in [-0.05, 0) is 64.5 Å². The van der Waals surface area contributed by atoms with E-state index in [-0.39, 0.29) is 5.82 Å². The van der Waals surface area contributed by atoms with Crippen LogP contribution in [0.4, 0.5) is 4.39 Å². The first-order chi connectivity index (χ1) is 13.5. The number of fused-ring (bicyclic) bond motifs is 2. The molecule has 0 aliphatic carbocycles. The zero-order valence-corrected chi connectivity index (χ0v) is 16.4. The molecule has 1 fully saturated rings. The van der Waals surface area contributed by atoms with E-state index in [0.717, 1.165) is 59.8 Å². The first kappa shape index (κ1) is 17.3. The summed E-state index contributed by atoms with van der Waals surface area (Å²) < 4.78 is 18.4. The molecule has 0 aromatic carbocycles. The number of nitrogens with zero attached hydrogens (tertiary/aromatic N) is 6. The summed E-state index contributed by atoms with van der Waals surface area (Å²) in [5, 5.41) is 4.63. The maximum atomic E-state index is 14.9. The Kier molecular flexibility index (Phi) is 3.94. The number of hydrogen-bond donors (Lipinski definition) is 0. The van der Waals surface area contributed by atoms with E-state index in [9.17, 15) is 4.39 Å². The van der Waals surface area contributed by atoms with Crippen LogP contribution in [0.3, 0.4) is 0 Å². The van der Waals surface area contributed by atoms with E-state index in [0.29, 0.717) is 11.6 Å².